The summed E-state index contributed by atoms with van der Waals surface area (Å²) in [5.74, 6) is -0.347. The molecule has 2 aromatic rings. The molecule has 0 unspecified atom stereocenters. The van der Waals surface area contributed by atoms with Crippen LogP contribution in [0.2, 0.25) is 5.02 Å². The van der Waals surface area contributed by atoms with Crippen molar-refractivity contribution in [2.75, 3.05) is 7.05 Å². The maximum atomic E-state index is 13.8. The van der Waals surface area contributed by atoms with E-state index in [9.17, 15) is 9.18 Å². The molecule has 21 heavy (non-hydrogen) atoms. The second kappa shape index (κ2) is 5.48. The number of carbonyl (C=O) groups is 1. The number of aromatic nitrogens is 1. The van der Waals surface area contributed by atoms with Gasteiger partial charge >= 0.3 is 0 Å². The Balaban J connectivity index is 1.80. The van der Waals surface area contributed by atoms with Crippen molar-refractivity contribution in [2.45, 2.75) is 25.3 Å². The Labute approximate surface area is 126 Å². The predicted octanol–water partition coefficient (Wildman–Crippen LogP) is 3.62. The summed E-state index contributed by atoms with van der Waals surface area (Å²) in [5, 5.41) is 4.21. The second-order valence-electron chi connectivity index (χ2n) is 5.25. The van der Waals surface area contributed by atoms with Crippen LogP contribution in [0.5, 0.6) is 0 Å². The number of rotatable bonds is 4. The zero-order valence-electron chi connectivity index (χ0n) is 11.5. The van der Waals surface area contributed by atoms with Gasteiger partial charge in [-0.15, -0.1) is 0 Å². The SMILES string of the molecule is CN(Cc1c(F)cccc1Cl)C(=O)c1conc1C1CC1. The van der Waals surface area contributed by atoms with E-state index in [0.29, 0.717) is 27.8 Å². The van der Waals surface area contributed by atoms with Gasteiger partial charge in [0.2, 0.25) is 0 Å². The lowest BCUT2D eigenvalue weighted by Crippen LogP contribution is -2.27. The maximum absolute atomic E-state index is 13.8. The first-order chi connectivity index (χ1) is 10.1. The molecule has 1 aliphatic carbocycles. The van der Waals surface area contributed by atoms with E-state index in [0.717, 1.165) is 12.8 Å². The van der Waals surface area contributed by atoms with Gasteiger partial charge in [0.25, 0.3) is 5.91 Å². The van der Waals surface area contributed by atoms with E-state index in [2.05, 4.69) is 5.16 Å². The lowest BCUT2D eigenvalue weighted by Gasteiger charge is -2.18. The zero-order chi connectivity index (χ0) is 15.0. The van der Waals surface area contributed by atoms with Gasteiger partial charge in [-0.3, -0.25) is 4.79 Å². The maximum Gasteiger partial charge on any atom is 0.259 e. The molecule has 0 bridgehead atoms. The van der Waals surface area contributed by atoms with E-state index < -0.39 is 5.82 Å². The first kappa shape index (κ1) is 14.1. The monoisotopic (exact) mass is 308 g/mol. The standard InChI is InChI=1S/C15H14ClFN2O2/c1-19(7-10-12(16)3-2-4-13(10)17)15(20)11-8-21-18-14(11)9-5-6-9/h2-4,8-9H,5-7H2,1H3. The van der Waals surface area contributed by atoms with Gasteiger partial charge in [0, 0.05) is 30.1 Å². The highest BCUT2D eigenvalue weighted by molar-refractivity contribution is 6.31. The summed E-state index contributed by atoms with van der Waals surface area (Å²) in [7, 11) is 1.61. The van der Waals surface area contributed by atoms with Crippen molar-refractivity contribution in [3.63, 3.8) is 0 Å². The minimum Gasteiger partial charge on any atom is -0.364 e. The molecule has 1 aromatic carbocycles. The molecule has 110 valence electrons. The smallest absolute Gasteiger partial charge is 0.259 e. The summed E-state index contributed by atoms with van der Waals surface area (Å²) in [4.78, 5) is 13.9. The number of nitrogens with zero attached hydrogens (tertiary/aromatic N) is 2. The van der Waals surface area contributed by atoms with Gasteiger partial charge in [-0.25, -0.2) is 4.39 Å². The Bertz CT molecular complexity index is 662. The van der Waals surface area contributed by atoms with E-state index >= 15 is 0 Å². The average Bonchev–Trinajstić information content (AvgIpc) is 3.19. The zero-order valence-corrected chi connectivity index (χ0v) is 12.2. The molecule has 4 nitrogen and oxygen atoms in total. The Morgan fingerprint density at radius 1 is 1.52 bits per heavy atom. The minimum absolute atomic E-state index is 0.0969. The number of carbonyl (C=O) groups excluding carboxylic acids is 1. The summed E-state index contributed by atoms with van der Waals surface area (Å²) in [6.45, 7) is 0.0969. The van der Waals surface area contributed by atoms with Crippen LogP contribution in [0.4, 0.5) is 4.39 Å². The van der Waals surface area contributed by atoms with E-state index in [1.54, 1.807) is 13.1 Å². The summed E-state index contributed by atoms with van der Waals surface area (Å²) in [5.41, 5.74) is 1.46. The molecule has 1 aliphatic rings. The molecule has 6 heteroatoms. The fourth-order valence-corrected chi connectivity index (χ4v) is 2.48. The molecular formula is C15H14ClFN2O2. The molecule has 1 fully saturated rings. The first-order valence-electron chi connectivity index (χ1n) is 6.70. The quantitative estimate of drug-likeness (QED) is 0.866. The van der Waals surface area contributed by atoms with Crippen LogP contribution in [0.25, 0.3) is 0 Å². The van der Waals surface area contributed by atoms with Crippen molar-refractivity contribution in [1.82, 2.24) is 10.1 Å². The lowest BCUT2D eigenvalue weighted by molar-refractivity contribution is 0.0782. The van der Waals surface area contributed by atoms with Crippen LogP contribution in [-0.2, 0) is 6.54 Å². The van der Waals surface area contributed by atoms with Crippen molar-refractivity contribution in [2.24, 2.45) is 0 Å². The van der Waals surface area contributed by atoms with E-state index in [4.69, 9.17) is 16.1 Å². The number of amides is 1. The Kier molecular flexibility index (Phi) is 3.68. The van der Waals surface area contributed by atoms with E-state index in [-0.39, 0.29) is 12.5 Å². The van der Waals surface area contributed by atoms with E-state index in [1.807, 2.05) is 0 Å². The molecule has 1 amide bonds. The van der Waals surface area contributed by atoms with E-state index in [1.165, 1.54) is 23.3 Å². The third-order valence-corrected chi connectivity index (χ3v) is 3.95. The molecule has 0 saturated heterocycles. The van der Waals surface area contributed by atoms with Crippen LogP contribution in [0.3, 0.4) is 0 Å². The molecule has 1 saturated carbocycles. The topological polar surface area (TPSA) is 46.3 Å². The Hall–Kier alpha value is -1.88. The molecule has 0 atom stereocenters. The third kappa shape index (κ3) is 2.78. The number of hydrogen-bond donors (Lipinski definition) is 0. The van der Waals surface area contributed by atoms with Crippen molar-refractivity contribution < 1.29 is 13.7 Å². The van der Waals surface area contributed by atoms with Crippen LogP contribution in [0.15, 0.2) is 29.0 Å². The van der Waals surface area contributed by atoms with Crippen LogP contribution in [0.1, 0.15) is 40.4 Å². The fourth-order valence-electron chi connectivity index (χ4n) is 2.25. The normalized spacial score (nSPS) is 14.2. The molecule has 0 spiro atoms. The largest absolute Gasteiger partial charge is 0.364 e. The van der Waals surface area contributed by atoms with Crippen LogP contribution >= 0.6 is 11.6 Å². The third-order valence-electron chi connectivity index (χ3n) is 3.60. The van der Waals surface area contributed by atoms with Crippen molar-refractivity contribution in [1.29, 1.82) is 0 Å². The summed E-state index contributed by atoms with van der Waals surface area (Å²) in [6.07, 6.45) is 3.40. The van der Waals surface area contributed by atoms with Gasteiger partial charge in [0.1, 0.15) is 17.6 Å². The molecule has 0 N–H and O–H groups in total. The highest BCUT2D eigenvalue weighted by Gasteiger charge is 2.32. The van der Waals surface area contributed by atoms with Crippen LogP contribution in [-0.4, -0.2) is 23.0 Å². The second-order valence-corrected chi connectivity index (χ2v) is 5.66. The highest BCUT2D eigenvalue weighted by Crippen LogP contribution is 2.41. The van der Waals surface area contributed by atoms with Gasteiger partial charge in [-0.1, -0.05) is 22.8 Å². The number of benzene rings is 1. The minimum atomic E-state index is -0.421. The molecular weight excluding hydrogens is 295 g/mol. The summed E-state index contributed by atoms with van der Waals surface area (Å²) in [6, 6.07) is 4.47. The Morgan fingerprint density at radius 3 is 2.95 bits per heavy atom. The molecule has 1 aromatic heterocycles. The van der Waals surface area contributed by atoms with Gasteiger partial charge in [-0.05, 0) is 25.0 Å². The summed E-state index contributed by atoms with van der Waals surface area (Å²) >= 11 is 5.99. The Morgan fingerprint density at radius 2 is 2.29 bits per heavy atom. The summed E-state index contributed by atoms with van der Waals surface area (Å²) < 4.78 is 18.7. The number of hydrogen-bond acceptors (Lipinski definition) is 3. The van der Waals surface area contributed by atoms with Crippen molar-refractivity contribution in [3.05, 3.63) is 52.1 Å². The molecule has 1 heterocycles. The van der Waals surface area contributed by atoms with Crippen LogP contribution in [0, 0.1) is 5.82 Å². The van der Waals surface area contributed by atoms with Gasteiger partial charge in [-0.2, -0.15) is 0 Å². The van der Waals surface area contributed by atoms with Crippen molar-refractivity contribution in [3.8, 4) is 0 Å². The van der Waals surface area contributed by atoms with Gasteiger partial charge < -0.3 is 9.42 Å². The van der Waals surface area contributed by atoms with Crippen molar-refractivity contribution >= 4 is 17.5 Å². The average molecular weight is 309 g/mol. The van der Waals surface area contributed by atoms with Crippen LogP contribution < -0.4 is 0 Å². The molecule has 3 rings (SSSR count). The first-order valence-corrected chi connectivity index (χ1v) is 7.08. The lowest BCUT2D eigenvalue weighted by atomic mass is 10.1. The highest BCUT2D eigenvalue weighted by atomic mass is 35.5. The number of halogens is 2. The predicted molar refractivity (Wildman–Crippen MR) is 75.7 cm³/mol. The van der Waals surface area contributed by atoms with Gasteiger partial charge in [0.05, 0.1) is 5.69 Å². The fraction of sp³-hybridized carbons (Fsp3) is 0.333. The van der Waals surface area contributed by atoms with Gasteiger partial charge in [0.15, 0.2) is 0 Å². The molecule has 0 radical (unpaired) electrons. The molecule has 0 aliphatic heterocycles.